The minimum atomic E-state index is -1.12. The van der Waals surface area contributed by atoms with E-state index in [9.17, 15) is 9.59 Å². The molecule has 140 valence electrons. The number of nitrogen functional groups attached to an aromatic ring is 1. The fourth-order valence-corrected chi connectivity index (χ4v) is 2.93. The molecule has 0 aliphatic carbocycles. The number of nitrogens with two attached hydrogens (primary N) is 1. The van der Waals surface area contributed by atoms with E-state index >= 15 is 0 Å². The van der Waals surface area contributed by atoms with Crippen molar-refractivity contribution in [1.82, 2.24) is 4.98 Å². The van der Waals surface area contributed by atoms with Gasteiger partial charge in [-0.2, -0.15) is 0 Å². The van der Waals surface area contributed by atoms with Gasteiger partial charge in [0.05, 0.1) is 0 Å². The highest BCUT2D eigenvalue weighted by molar-refractivity contribution is 6.07. The molecule has 0 saturated heterocycles. The van der Waals surface area contributed by atoms with Gasteiger partial charge in [0.1, 0.15) is 12.4 Å². The Labute approximate surface area is 155 Å². The maximum Gasteiger partial charge on any atom is 0.272 e. The lowest BCUT2D eigenvalue weighted by atomic mass is 10.1. The van der Waals surface area contributed by atoms with Crippen LogP contribution in [-0.2, 0) is 9.59 Å². The zero-order chi connectivity index (χ0) is 19.2. The number of carbonyl (C=O) groups excluding carboxylic acids is 2. The largest absolute Gasteiger partial charge is 0.474 e. The standard InChI is InChI=1S/C18H18N4O5/c1-18(2)17(24)22(16-12(27-18)5-6-14(19)21-16)8-15(23)20-10-3-4-11-13(7-10)26-9-25-11/h3-7H,8-9H2,1-2H3,(H2,19,21)(H,20,23). The van der Waals surface area contributed by atoms with Gasteiger partial charge in [-0.05, 0) is 38.1 Å². The van der Waals surface area contributed by atoms with Crippen LogP contribution in [0.25, 0.3) is 0 Å². The summed E-state index contributed by atoms with van der Waals surface area (Å²) >= 11 is 0. The summed E-state index contributed by atoms with van der Waals surface area (Å²) in [5.41, 5.74) is 5.14. The number of hydrogen-bond donors (Lipinski definition) is 2. The van der Waals surface area contributed by atoms with Gasteiger partial charge in [0.15, 0.2) is 28.7 Å². The molecule has 0 fully saturated rings. The average molecular weight is 370 g/mol. The summed E-state index contributed by atoms with van der Waals surface area (Å²) in [5, 5.41) is 2.74. The van der Waals surface area contributed by atoms with Crippen molar-refractivity contribution in [2.75, 3.05) is 29.3 Å². The van der Waals surface area contributed by atoms with E-state index in [0.29, 0.717) is 22.9 Å². The van der Waals surface area contributed by atoms with E-state index in [1.165, 1.54) is 4.90 Å². The summed E-state index contributed by atoms with van der Waals surface area (Å²) < 4.78 is 16.2. The van der Waals surface area contributed by atoms with Gasteiger partial charge in [-0.25, -0.2) is 4.98 Å². The Morgan fingerprint density at radius 1 is 1.22 bits per heavy atom. The number of pyridine rings is 1. The third-order valence-electron chi connectivity index (χ3n) is 4.20. The molecule has 27 heavy (non-hydrogen) atoms. The Morgan fingerprint density at radius 2 is 1.96 bits per heavy atom. The Hall–Kier alpha value is -3.49. The highest BCUT2D eigenvalue weighted by Crippen LogP contribution is 2.37. The number of ether oxygens (including phenoxy) is 3. The van der Waals surface area contributed by atoms with Crippen molar-refractivity contribution in [2.45, 2.75) is 19.4 Å². The van der Waals surface area contributed by atoms with Crippen LogP contribution < -0.4 is 30.2 Å². The van der Waals surface area contributed by atoms with Crippen molar-refractivity contribution >= 4 is 29.1 Å². The Balaban J connectivity index is 1.56. The fourth-order valence-electron chi connectivity index (χ4n) is 2.93. The molecule has 0 atom stereocenters. The van der Waals surface area contributed by atoms with Gasteiger partial charge >= 0.3 is 0 Å². The highest BCUT2D eigenvalue weighted by Gasteiger charge is 2.42. The molecule has 2 aliphatic rings. The predicted molar refractivity (Wildman–Crippen MR) is 96.9 cm³/mol. The van der Waals surface area contributed by atoms with E-state index in [4.69, 9.17) is 19.9 Å². The molecule has 9 heteroatoms. The fraction of sp³-hybridized carbons (Fsp3) is 0.278. The van der Waals surface area contributed by atoms with Gasteiger partial charge in [0.25, 0.3) is 5.91 Å². The normalized spacial score (nSPS) is 16.5. The van der Waals surface area contributed by atoms with Crippen LogP contribution in [0.5, 0.6) is 17.2 Å². The molecule has 2 amide bonds. The van der Waals surface area contributed by atoms with Crippen LogP contribution in [0.2, 0.25) is 0 Å². The molecule has 1 aromatic heterocycles. The first-order chi connectivity index (χ1) is 12.8. The predicted octanol–water partition coefficient (Wildman–Crippen LogP) is 1.54. The van der Waals surface area contributed by atoms with Crippen LogP contribution in [0.3, 0.4) is 0 Å². The first kappa shape index (κ1) is 17.0. The molecule has 3 N–H and O–H groups in total. The monoisotopic (exact) mass is 370 g/mol. The second-order valence-corrected chi connectivity index (χ2v) is 6.68. The summed E-state index contributed by atoms with van der Waals surface area (Å²) in [6, 6.07) is 8.28. The first-order valence-electron chi connectivity index (χ1n) is 8.30. The molecule has 9 nitrogen and oxygen atoms in total. The van der Waals surface area contributed by atoms with Crippen molar-refractivity contribution in [3.05, 3.63) is 30.3 Å². The first-order valence-corrected chi connectivity index (χ1v) is 8.30. The maximum atomic E-state index is 12.8. The van der Waals surface area contributed by atoms with E-state index in [0.717, 1.165) is 0 Å². The molecule has 0 bridgehead atoms. The van der Waals surface area contributed by atoms with Gasteiger partial charge < -0.3 is 25.3 Å². The van der Waals surface area contributed by atoms with E-state index in [2.05, 4.69) is 10.3 Å². The molecule has 4 rings (SSSR count). The highest BCUT2D eigenvalue weighted by atomic mass is 16.7. The smallest absolute Gasteiger partial charge is 0.272 e. The molecule has 2 aliphatic heterocycles. The molecule has 1 aromatic carbocycles. The van der Waals surface area contributed by atoms with E-state index in [-0.39, 0.29) is 30.9 Å². The van der Waals surface area contributed by atoms with Crippen molar-refractivity contribution in [3.63, 3.8) is 0 Å². The van der Waals surface area contributed by atoms with Crippen molar-refractivity contribution < 1.29 is 23.8 Å². The SMILES string of the molecule is CC1(C)Oc2ccc(N)nc2N(CC(=O)Nc2ccc3c(c2)OCO3)C1=O. The van der Waals surface area contributed by atoms with E-state index in [1.54, 1.807) is 44.2 Å². The Morgan fingerprint density at radius 3 is 2.78 bits per heavy atom. The summed E-state index contributed by atoms with van der Waals surface area (Å²) in [7, 11) is 0. The lowest BCUT2D eigenvalue weighted by Gasteiger charge is -2.37. The molecule has 0 radical (unpaired) electrons. The van der Waals surface area contributed by atoms with Crippen LogP contribution in [0.15, 0.2) is 30.3 Å². The Kier molecular flexibility index (Phi) is 3.79. The summed E-state index contributed by atoms with van der Waals surface area (Å²) in [6.45, 7) is 3.19. The number of amides is 2. The number of hydrogen-bond acceptors (Lipinski definition) is 7. The zero-order valence-corrected chi connectivity index (χ0v) is 14.8. The number of fused-ring (bicyclic) bond motifs is 2. The molecular formula is C18H18N4O5. The summed E-state index contributed by atoms with van der Waals surface area (Å²) in [5.74, 6) is 1.24. The number of carbonyl (C=O) groups is 2. The van der Waals surface area contributed by atoms with Crippen molar-refractivity contribution in [3.8, 4) is 17.2 Å². The number of anilines is 3. The second-order valence-electron chi connectivity index (χ2n) is 6.68. The maximum absolute atomic E-state index is 12.8. The van der Waals surface area contributed by atoms with Crippen LogP contribution in [0, 0.1) is 0 Å². The van der Waals surface area contributed by atoms with E-state index in [1.807, 2.05) is 0 Å². The minimum Gasteiger partial charge on any atom is -0.474 e. The third kappa shape index (κ3) is 3.07. The van der Waals surface area contributed by atoms with Crippen LogP contribution in [0.4, 0.5) is 17.3 Å². The Bertz CT molecular complexity index is 943. The molecule has 2 aromatic rings. The zero-order valence-electron chi connectivity index (χ0n) is 14.8. The molecular weight excluding hydrogens is 352 g/mol. The third-order valence-corrected chi connectivity index (χ3v) is 4.20. The minimum absolute atomic E-state index is 0.147. The number of nitrogens with zero attached hydrogens (tertiary/aromatic N) is 2. The second kappa shape index (κ2) is 6.04. The number of nitrogens with one attached hydrogen (secondary N) is 1. The molecule has 0 spiro atoms. The number of aromatic nitrogens is 1. The average Bonchev–Trinajstić information content (AvgIpc) is 3.07. The van der Waals surface area contributed by atoms with Gasteiger partial charge in [-0.15, -0.1) is 0 Å². The van der Waals surface area contributed by atoms with Gasteiger partial charge in [0.2, 0.25) is 12.7 Å². The number of benzene rings is 1. The van der Waals surface area contributed by atoms with Gasteiger partial charge in [-0.1, -0.05) is 0 Å². The molecule has 3 heterocycles. The van der Waals surface area contributed by atoms with Crippen molar-refractivity contribution in [2.24, 2.45) is 0 Å². The van der Waals surface area contributed by atoms with E-state index < -0.39 is 11.5 Å². The topological polar surface area (TPSA) is 116 Å². The van der Waals surface area contributed by atoms with Crippen molar-refractivity contribution in [1.29, 1.82) is 0 Å². The van der Waals surface area contributed by atoms with Crippen LogP contribution in [0.1, 0.15) is 13.8 Å². The van der Waals surface area contributed by atoms with Gasteiger partial charge in [0, 0.05) is 11.8 Å². The quantitative estimate of drug-likeness (QED) is 0.842. The molecule has 0 saturated carbocycles. The van der Waals surface area contributed by atoms with Gasteiger partial charge in [-0.3, -0.25) is 14.5 Å². The van der Waals surface area contributed by atoms with Crippen LogP contribution in [-0.4, -0.2) is 35.7 Å². The summed E-state index contributed by atoms with van der Waals surface area (Å²) in [6.07, 6.45) is 0. The number of rotatable bonds is 3. The lowest BCUT2D eigenvalue weighted by molar-refractivity contribution is -0.133. The molecule has 0 unspecified atom stereocenters. The van der Waals surface area contributed by atoms with Crippen LogP contribution >= 0.6 is 0 Å². The summed E-state index contributed by atoms with van der Waals surface area (Å²) in [4.78, 5) is 30.8. The lowest BCUT2D eigenvalue weighted by Crippen LogP contribution is -2.54.